The fourth-order valence-corrected chi connectivity index (χ4v) is 2.85. The second kappa shape index (κ2) is 6.62. The lowest BCUT2D eigenvalue weighted by Gasteiger charge is -2.17. The van der Waals surface area contributed by atoms with Crippen molar-refractivity contribution >= 4 is 23.6 Å². The van der Waals surface area contributed by atoms with Crippen molar-refractivity contribution in [1.82, 2.24) is 10.6 Å². The Morgan fingerprint density at radius 2 is 2.10 bits per heavy atom. The van der Waals surface area contributed by atoms with Crippen LogP contribution in [0.5, 0.6) is 5.75 Å². The van der Waals surface area contributed by atoms with Gasteiger partial charge in [0.25, 0.3) is 0 Å². The van der Waals surface area contributed by atoms with Crippen molar-refractivity contribution in [2.75, 3.05) is 11.6 Å². The maximum absolute atomic E-state index is 11.9. The zero-order chi connectivity index (χ0) is 14.5. The number of carbonyl (C=O) groups is 2. The molecule has 1 aromatic carbocycles. The first-order valence-corrected chi connectivity index (χ1v) is 7.34. The van der Waals surface area contributed by atoms with Crippen LogP contribution in [0.15, 0.2) is 24.3 Å². The molecule has 1 aliphatic heterocycles. The summed E-state index contributed by atoms with van der Waals surface area (Å²) in [6.07, 6.45) is 0.182. The van der Waals surface area contributed by atoms with Crippen molar-refractivity contribution in [2.24, 2.45) is 0 Å². The van der Waals surface area contributed by atoms with Gasteiger partial charge in [-0.2, -0.15) is 0 Å². The number of hydrogen-bond donors (Lipinski definition) is 4. The molecule has 0 saturated carbocycles. The topological polar surface area (TPSA) is 98.7 Å². The summed E-state index contributed by atoms with van der Waals surface area (Å²) in [5.41, 5.74) is 0.740. The highest BCUT2D eigenvalue weighted by molar-refractivity contribution is 7.99. The second-order valence-corrected chi connectivity index (χ2v) is 5.57. The van der Waals surface area contributed by atoms with E-state index in [0.717, 1.165) is 5.56 Å². The molecule has 2 rings (SSSR count). The van der Waals surface area contributed by atoms with Gasteiger partial charge in [-0.15, -0.1) is 11.8 Å². The Morgan fingerprint density at radius 3 is 2.65 bits per heavy atom. The van der Waals surface area contributed by atoms with E-state index in [9.17, 15) is 19.8 Å². The zero-order valence-electron chi connectivity index (χ0n) is 10.7. The molecule has 1 unspecified atom stereocenters. The third-order valence-electron chi connectivity index (χ3n) is 3.02. The molecule has 7 heteroatoms. The van der Waals surface area contributed by atoms with E-state index in [1.165, 1.54) is 12.1 Å². The van der Waals surface area contributed by atoms with Gasteiger partial charge in [0.05, 0.1) is 6.04 Å². The summed E-state index contributed by atoms with van der Waals surface area (Å²) in [5.74, 6) is 0.112. The summed E-state index contributed by atoms with van der Waals surface area (Å²) in [4.78, 5) is 23.1. The smallest absolute Gasteiger partial charge is 0.326 e. The highest BCUT2D eigenvalue weighted by Crippen LogP contribution is 2.13. The lowest BCUT2D eigenvalue weighted by atomic mass is 10.1. The standard InChI is InChI=1S/C13H16N2O4S/c16-9-3-1-8(2-4-9)5-10(13(18)19)15-12(17)11-6-20-7-14-11/h1-4,10-11,14,16H,5-7H2,(H,15,17)(H,18,19)/t10-,11?/m0/s1. The van der Waals surface area contributed by atoms with E-state index in [0.29, 0.717) is 11.6 Å². The van der Waals surface area contributed by atoms with Crippen molar-refractivity contribution in [3.63, 3.8) is 0 Å². The fraction of sp³-hybridized carbons (Fsp3) is 0.385. The highest BCUT2D eigenvalue weighted by atomic mass is 32.2. The molecule has 6 nitrogen and oxygen atoms in total. The first kappa shape index (κ1) is 14.7. The van der Waals surface area contributed by atoms with Crippen molar-refractivity contribution in [1.29, 1.82) is 0 Å². The maximum Gasteiger partial charge on any atom is 0.326 e. The van der Waals surface area contributed by atoms with Gasteiger partial charge in [0, 0.05) is 18.1 Å². The Kier molecular flexibility index (Phi) is 4.86. The quantitative estimate of drug-likeness (QED) is 0.618. The monoisotopic (exact) mass is 296 g/mol. The molecule has 0 aliphatic carbocycles. The molecule has 0 spiro atoms. The van der Waals surface area contributed by atoms with Gasteiger partial charge in [0.15, 0.2) is 0 Å². The number of phenols is 1. The van der Waals surface area contributed by atoms with E-state index >= 15 is 0 Å². The summed E-state index contributed by atoms with van der Waals surface area (Å²) in [7, 11) is 0. The Balaban J connectivity index is 1.98. The molecule has 1 amide bonds. The first-order chi connectivity index (χ1) is 9.56. The van der Waals surface area contributed by atoms with Crippen LogP contribution in [0.1, 0.15) is 5.56 Å². The number of amides is 1. The molecule has 20 heavy (non-hydrogen) atoms. The van der Waals surface area contributed by atoms with Crippen molar-refractivity contribution in [2.45, 2.75) is 18.5 Å². The predicted molar refractivity (Wildman–Crippen MR) is 75.6 cm³/mol. The molecule has 0 aromatic heterocycles. The molecule has 1 saturated heterocycles. The Bertz CT molecular complexity index is 486. The molecule has 1 aliphatic rings. The van der Waals surface area contributed by atoms with Gasteiger partial charge in [-0.25, -0.2) is 4.79 Å². The van der Waals surface area contributed by atoms with Gasteiger partial charge in [-0.3, -0.25) is 10.1 Å². The van der Waals surface area contributed by atoms with E-state index in [2.05, 4.69) is 10.6 Å². The molecule has 0 bridgehead atoms. The minimum absolute atomic E-state index is 0.122. The third kappa shape index (κ3) is 3.88. The van der Waals surface area contributed by atoms with Crippen LogP contribution in [0.4, 0.5) is 0 Å². The molecule has 108 valence electrons. The second-order valence-electron chi connectivity index (χ2n) is 4.54. The minimum atomic E-state index is -1.07. The number of hydrogen-bond acceptors (Lipinski definition) is 5. The van der Waals surface area contributed by atoms with E-state index in [-0.39, 0.29) is 24.1 Å². The van der Waals surface area contributed by atoms with Crippen LogP contribution in [-0.2, 0) is 16.0 Å². The number of benzene rings is 1. The van der Waals surface area contributed by atoms with E-state index in [4.69, 9.17) is 0 Å². The first-order valence-electron chi connectivity index (χ1n) is 6.18. The van der Waals surface area contributed by atoms with E-state index < -0.39 is 12.0 Å². The number of phenolic OH excluding ortho intramolecular Hbond substituents is 1. The number of thioether (sulfide) groups is 1. The van der Waals surface area contributed by atoms with Crippen molar-refractivity contribution in [3.8, 4) is 5.75 Å². The SMILES string of the molecule is O=C(N[C@@H](Cc1ccc(O)cc1)C(=O)O)C1CSCN1. The van der Waals surface area contributed by atoms with Crippen LogP contribution in [0.25, 0.3) is 0 Å². The molecule has 4 N–H and O–H groups in total. The Morgan fingerprint density at radius 1 is 1.40 bits per heavy atom. The van der Waals surface area contributed by atoms with Crippen LogP contribution in [0, 0.1) is 0 Å². The minimum Gasteiger partial charge on any atom is -0.508 e. The molecule has 1 aromatic rings. The van der Waals surface area contributed by atoms with E-state index in [1.54, 1.807) is 23.9 Å². The van der Waals surface area contributed by atoms with Gasteiger partial charge in [-0.1, -0.05) is 12.1 Å². The largest absolute Gasteiger partial charge is 0.508 e. The summed E-state index contributed by atoms with van der Waals surface area (Å²) < 4.78 is 0. The molecular formula is C13H16N2O4S. The average Bonchev–Trinajstić information content (AvgIpc) is 2.94. The van der Waals surface area contributed by atoms with Gasteiger partial charge in [0.1, 0.15) is 11.8 Å². The fourth-order valence-electron chi connectivity index (χ4n) is 1.90. The highest BCUT2D eigenvalue weighted by Gasteiger charge is 2.27. The van der Waals surface area contributed by atoms with Crippen LogP contribution in [-0.4, -0.2) is 45.8 Å². The maximum atomic E-state index is 11.9. The lowest BCUT2D eigenvalue weighted by Crippen LogP contribution is -2.50. The van der Waals surface area contributed by atoms with Crippen LogP contribution >= 0.6 is 11.8 Å². The zero-order valence-corrected chi connectivity index (χ0v) is 11.5. The number of carboxylic acid groups (broad SMARTS) is 1. The van der Waals surface area contributed by atoms with Crippen LogP contribution in [0.2, 0.25) is 0 Å². The number of aromatic hydroxyl groups is 1. The van der Waals surface area contributed by atoms with Gasteiger partial charge < -0.3 is 15.5 Å². The Hall–Kier alpha value is -1.73. The van der Waals surface area contributed by atoms with Crippen molar-refractivity contribution in [3.05, 3.63) is 29.8 Å². The summed E-state index contributed by atoms with van der Waals surface area (Å²) in [5, 5.41) is 23.9. The van der Waals surface area contributed by atoms with E-state index in [1.807, 2.05) is 0 Å². The predicted octanol–water partition coefficient (Wildman–Crippen LogP) is 0.167. The Labute approximate surface area is 120 Å². The summed E-state index contributed by atoms with van der Waals surface area (Å²) in [6.45, 7) is 0. The van der Waals surface area contributed by atoms with Gasteiger partial charge in [-0.05, 0) is 17.7 Å². The van der Waals surface area contributed by atoms with Crippen LogP contribution < -0.4 is 10.6 Å². The number of carbonyl (C=O) groups excluding carboxylic acids is 1. The third-order valence-corrected chi connectivity index (χ3v) is 3.96. The molecule has 1 heterocycles. The number of nitrogens with one attached hydrogen (secondary N) is 2. The summed E-state index contributed by atoms with van der Waals surface area (Å²) in [6, 6.07) is 4.96. The van der Waals surface area contributed by atoms with Gasteiger partial charge in [0.2, 0.25) is 5.91 Å². The molecule has 1 fully saturated rings. The average molecular weight is 296 g/mol. The molecule has 2 atom stereocenters. The van der Waals surface area contributed by atoms with Gasteiger partial charge >= 0.3 is 5.97 Å². The number of rotatable bonds is 5. The number of carboxylic acids is 1. The lowest BCUT2D eigenvalue weighted by molar-refractivity contribution is -0.142. The number of aliphatic carboxylic acids is 1. The van der Waals surface area contributed by atoms with Crippen molar-refractivity contribution < 1.29 is 19.8 Å². The van der Waals surface area contributed by atoms with Crippen LogP contribution in [0.3, 0.4) is 0 Å². The molecular weight excluding hydrogens is 280 g/mol. The normalized spacial score (nSPS) is 19.5. The molecule has 0 radical (unpaired) electrons. The summed E-state index contributed by atoms with van der Waals surface area (Å²) >= 11 is 1.60.